The molecule has 0 aromatic heterocycles. The lowest BCUT2D eigenvalue weighted by Crippen LogP contribution is -2.57. The highest BCUT2D eigenvalue weighted by Crippen LogP contribution is 2.33. The highest BCUT2D eigenvalue weighted by atomic mass is 16.2. The van der Waals surface area contributed by atoms with Gasteiger partial charge in [-0.2, -0.15) is 0 Å². The van der Waals surface area contributed by atoms with Gasteiger partial charge in [-0.3, -0.25) is 14.9 Å². The number of likely N-dealkylation sites (tertiary alicyclic amines) is 1. The minimum absolute atomic E-state index is 0.0329. The molecule has 7 nitrogen and oxygen atoms in total. The van der Waals surface area contributed by atoms with Gasteiger partial charge >= 0.3 is 6.03 Å². The monoisotopic (exact) mass is 294 g/mol. The number of amides is 4. The Morgan fingerprint density at radius 1 is 1.29 bits per heavy atom. The van der Waals surface area contributed by atoms with E-state index in [0.29, 0.717) is 13.0 Å². The molecule has 0 radical (unpaired) electrons. The molecule has 3 saturated heterocycles. The van der Waals surface area contributed by atoms with Crippen molar-refractivity contribution in [2.75, 3.05) is 19.6 Å². The number of hydrogen-bond acceptors (Lipinski definition) is 4. The first kappa shape index (κ1) is 14.3. The average molecular weight is 294 g/mol. The summed E-state index contributed by atoms with van der Waals surface area (Å²) in [4.78, 5) is 37.7. The topological polar surface area (TPSA) is 90.5 Å². The lowest BCUT2D eigenvalue weighted by atomic mass is 9.77. The van der Waals surface area contributed by atoms with Gasteiger partial charge in [-0.25, -0.2) is 4.79 Å². The van der Waals surface area contributed by atoms with Gasteiger partial charge in [0.15, 0.2) is 0 Å². The lowest BCUT2D eigenvalue weighted by Gasteiger charge is -2.40. The van der Waals surface area contributed by atoms with Gasteiger partial charge < -0.3 is 15.5 Å². The van der Waals surface area contributed by atoms with Crippen molar-refractivity contribution in [1.82, 2.24) is 20.9 Å². The van der Waals surface area contributed by atoms with Crippen LogP contribution < -0.4 is 16.0 Å². The Labute approximate surface area is 123 Å². The second-order valence-corrected chi connectivity index (χ2v) is 6.98. The maximum atomic E-state index is 12.8. The summed E-state index contributed by atoms with van der Waals surface area (Å²) in [7, 11) is 0. The Hall–Kier alpha value is -1.63. The van der Waals surface area contributed by atoms with Crippen LogP contribution in [0.4, 0.5) is 4.79 Å². The fourth-order valence-corrected chi connectivity index (χ4v) is 3.63. The van der Waals surface area contributed by atoms with Crippen molar-refractivity contribution in [3.05, 3.63) is 0 Å². The molecule has 3 aliphatic rings. The Balaban J connectivity index is 1.73. The number of imide groups is 1. The Kier molecular flexibility index (Phi) is 3.20. The van der Waals surface area contributed by atoms with E-state index in [-0.39, 0.29) is 29.8 Å². The lowest BCUT2D eigenvalue weighted by molar-refractivity contribution is -0.136. The number of piperidine rings is 1. The summed E-state index contributed by atoms with van der Waals surface area (Å²) in [6, 6.07) is -0.688. The number of nitrogens with one attached hydrogen (secondary N) is 3. The van der Waals surface area contributed by atoms with Crippen LogP contribution in [0.2, 0.25) is 0 Å². The first-order chi connectivity index (χ1) is 9.84. The van der Waals surface area contributed by atoms with Crippen LogP contribution in [-0.2, 0) is 9.59 Å². The quantitative estimate of drug-likeness (QED) is 0.573. The molecule has 0 aromatic carbocycles. The number of carbonyl (C=O) groups excluding carboxylic acids is 3. The van der Waals surface area contributed by atoms with E-state index in [2.05, 4.69) is 29.8 Å². The number of carbonyl (C=O) groups is 3. The highest BCUT2D eigenvalue weighted by Gasteiger charge is 2.53. The van der Waals surface area contributed by atoms with Crippen molar-refractivity contribution < 1.29 is 14.4 Å². The summed E-state index contributed by atoms with van der Waals surface area (Å²) in [5, 5.41) is 8.24. The molecule has 4 amide bonds. The Morgan fingerprint density at radius 3 is 2.67 bits per heavy atom. The fraction of sp³-hybridized carbons (Fsp3) is 0.786. The zero-order valence-corrected chi connectivity index (χ0v) is 12.5. The first-order valence-electron chi connectivity index (χ1n) is 7.50. The molecule has 0 aliphatic carbocycles. The molecule has 116 valence electrons. The van der Waals surface area contributed by atoms with Gasteiger partial charge in [0, 0.05) is 6.54 Å². The highest BCUT2D eigenvalue weighted by molar-refractivity contribution is 6.07. The van der Waals surface area contributed by atoms with E-state index < -0.39 is 11.6 Å². The zero-order chi connectivity index (χ0) is 15.3. The van der Waals surface area contributed by atoms with Gasteiger partial charge in [-0.15, -0.1) is 0 Å². The summed E-state index contributed by atoms with van der Waals surface area (Å²) in [6.07, 6.45) is 2.55. The van der Waals surface area contributed by atoms with E-state index >= 15 is 0 Å². The summed E-state index contributed by atoms with van der Waals surface area (Å²) in [6.45, 7) is 5.80. The molecule has 1 spiro atoms. The molecule has 7 heteroatoms. The molecule has 3 rings (SSSR count). The number of hydrogen-bond donors (Lipinski definition) is 3. The van der Waals surface area contributed by atoms with Crippen molar-refractivity contribution >= 4 is 17.8 Å². The van der Waals surface area contributed by atoms with Gasteiger partial charge in [-0.05, 0) is 31.2 Å². The SMILES string of the molecule is CC1(C)CCCNC1C(=O)N1CCC2(C1)NC(=O)NC2=O. The molecule has 2 atom stereocenters. The van der Waals surface area contributed by atoms with Crippen molar-refractivity contribution in [3.63, 3.8) is 0 Å². The molecule has 3 N–H and O–H groups in total. The van der Waals surface area contributed by atoms with Gasteiger partial charge in [0.2, 0.25) is 5.91 Å². The van der Waals surface area contributed by atoms with Crippen LogP contribution in [0.1, 0.15) is 33.1 Å². The Bertz CT molecular complexity index is 504. The minimum Gasteiger partial charge on any atom is -0.338 e. The van der Waals surface area contributed by atoms with Crippen molar-refractivity contribution in [3.8, 4) is 0 Å². The van der Waals surface area contributed by atoms with Gasteiger partial charge in [-0.1, -0.05) is 13.8 Å². The average Bonchev–Trinajstić information content (AvgIpc) is 2.93. The van der Waals surface area contributed by atoms with Crippen LogP contribution in [0, 0.1) is 5.41 Å². The fourth-order valence-electron chi connectivity index (χ4n) is 3.63. The van der Waals surface area contributed by atoms with Gasteiger partial charge in [0.05, 0.1) is 12.6 Å². The summed E-state index contributed by atoms with van der Waals surface area (Å²) < 4.78 is 0. The standard InChI is InChI=1S/C14H22N4O3/c1-13(2)4-3-6-15-9(13)10(19)18-7-5-14(8-18)11(20)16-12(21)17-14/h9,15H,3-8H2,1-2H3,(H2,16,17,20,21). The van der Waals surface area contributed by atoms with E-state index in [1.165, 1.54) is 0 Å². The van der Waals surface area contributed by atoms with Crippen LogP contribution in [-0.4, -0.2) is 54.0 Å². The summed E-state index contributed by atoms with van der Waals surface area (Å²) in [5.74, 6) is -0.288. The van der Waals surface area contributed by atoms with Crippen molar-refractivity contribution in [2.45, 2.75) is 44.7 Å². The number of urea groups is 1. The largest absolute Gasteiger partial charge is 0.338 e. The van der Waals surface area contributed by atoms with E-state index in [1.54, 1.807) is 4.90 Å². The number of nitrogens with zero attached hydrogens (tertiary/aromatic N) is 1. The third kappa shape index (κ3) is 2.29. The molecular weight excluding hydrogens is 272 g/mol. The third-order valence-electron chi connectivity index (χ3n) is 4.97. The molecule has 21 heavy (non-hydrogen) atoms. The second kappa shape index (κ2) is 4.69. The van der Waals surface area contributed by atoms with Crippen molar-refractivity contribution in [1.29, 1.82) is 0 Å². The Morgan fingerprint density at radius 2 is 2.05 bits per heavy atom. The van der Waals surface area contributed by atoms with E-state index in [1.807, 2.05) is 0 Å². The minimum atomic E-state index is -0.925. The molecule has 0 aromatic rings. The van der Waals surface area contributed by atoms with Crippen LogP contribution in [0.15, 0.2) is 0 Å². The predicted molar refractivity (Wildman–Crippen MR) is 75.4 cm³/mol. The van der Waals surface area contributed by atoms with Crippen molar-refractivity contribution in [2.24, 2.45) is 5.41 Å². The number of rotatable bonds is 1. The van der Waals surface area contributed by atoms with Crippen LogP contribution in [0.25, 0.3) is 0 Å². The molecule has 3 heterocycles. The van der Waals surface area contributed by atoms with Gasteiger partial charge in [0.1, 0.15) is 5.54 Å². The van der Waals surface area contributed by atoms with E-state index in [4.69, 9.17) is 0 Å². The molecule has 3 fully saturated rings. The van der Waals surface area contributed by atoms with Crippen LogP contribution >= 0.6 is 0 Å². The van der Waals surface area contributed by atoms with Crippen LogP contribution in [0.5, 0.6) is 0 Å². The molecular formula is C14H22N4O3. The van der Waals surface area contributed by atoms with Crippen LogP contribution in [0.3, 0.4) is 0 Å². The predicted octanol–water partition coefficient (Wildman–Crippen LogP) is -0.425. The first-order valence-corrected chi connectivity index (χ1v) is 7.50. The zero-order valence-electron chi connectivity index (χ0n) is 12.5. The maximum Gasteiger partial charge on any atom is 0.322 e. The van der Waals surface area contributed by atoms with Gasteiger partial charge in [0.25, 0.3) is 5.91 Å². The maximum absolute atomic E-state index is 12.8. The normalized spacial score (nSPS) is 35.0. The molecule has 0 bridgehead atoms. The molecule has 2 unspecified atom stereocenters. The summed E-state index contributed by atoms with van der Waals surface area (Å²) in [5.41, 5.74) is -1.02. The van der Waals surface area contributed by atoms with E-state index in [0.717, 1.165) is 19.4 Å². The third-order valence-corrected chi connectivity index (χ3v) is 4.97. The second-order valence-electron chi connectivity index (χ2n) is 6.98. The van der Waals surface area contributed by atoms with E-state index in [9.17, 15) is 14.4 Å². The summed E-state index contributed by atoms with van der Waals surface area (Å²) >= 11 is 0. The molecule has 3 aliphatic heterocycles. The molecule has 0 saturated carbocycles. The smallest absolute Gasteiger partial charge is 0.322 e.